The Labute approximate surface area is 91.8 Å². The molecule has 1 saturated heterocycles. The molecule has 3 heteroatoms. The van der Waals surface area contributed by atoms with E-state index in [0.29, 0.717) is 0 Å². The lowest BCUT2D eigenvalue weighted by atomic mass is 10.1. The second kappa shape index (κ2) is 4.39. The molecule has 0 spiro atoms. The highest BCUT2D eigenvalue weighted by atomic mass is 127. The first-order valence-corrected chi connectivity index (χ1v) is 5.52. The highest BCUT2D eigenvalue weighted by molar-refractivity contribution is 14.1. The minimum atomic E-state index is 0.239. The maximum absolute atomic E-state index is 5.65. The van der Waals surface area contributed by atoms with Crippen LogP contribution in [0.15, 0.2) is 24.3 Å². The van der Waals surface area contributed by atoms with Gasteiger partial charge in [0, 0.05) is 16.7 Å². The van der Waals surface area contributed by atoms with Crippen LogP contribution in [0.4, 0.5) is 0 Å². The number of halogens is 1. The van der Waals surface area contributed by atoms with Gasteiger partial charge in [0.2, 0.25) is 0 Å². The van der Waals surface area contributed by atoms with Gasteiger partial charge in [-0.15, -0.1) is 0 Å². The van der Waals surface area contributed by atoms with Crippen molar-refractivity contribution in [3.05, 3.63) is 33.4 Å². The van der Waals surface area contributed by atoms with Crippen LogP contribution in [-0.2, 0) is 4.74 Å². The first-order valence-electron chi connectivity index (χ1n) is 4.44. The van der Waals surface area contributed by atoms with Gasteiger partial charge in [0.15, 0.2) is 0 Å². The van der Waals surface area contributed by atoms with Crippen LogP contribution in [-0.4, -0.2) is 19.7 Å². The van der Waals surface area contributed by atoms with E-state index in [2.05, 4.69) is 52.2 Å². The van der Waals surface area contributed by atoms with Crippen LogP contribution in [0.2, 0.25) is 0 Å². The molecule has 0 aliphatic carbocycles. The molecular formula is C10H12INO. The van der Waals surface area contributed by atoms with Gasteiger partial charge < -0.3 is 10.1 Å². The number of hydrogen-bond acceptors (Lipinski definition) is 2. The summed E-state index contributed by atoms with van der Waals surface area (Å²) in [6.45, 7) is 2.72. The Hall–Kier alpha value is -0.130. The van der Waals surface area contributed by atoms with Crippen LogP contribution in [0.3, 0.4) is 0 Å². The molecular weight excluding hydrogens is 277 g/mol. The van der Waals surface area contributed by atoms with E-state index in [1.807, 2.05) is 0 Å². The summed E-state index contributed by atoms with van der Waals surface area (Å²) < 4.78 is 6.92. The fourth-order valence-electron chi connectivity index (χ4n) is 1.49. The third kappa shape index (κ3) is 2.42. The zero-order valence-electron chi connectivity index (χ0n) is 7.29. The van der Waals surface area contributed by atoms with Crippen molar-refractivity contribution in [1.82, 2.24) is 5.32 Å². The fourth-order valence-corrected chi connectivity index (χ4v) is 2.05. The zero-order chi connectivity index (χ0) is 9.10. The SMILES string of the molecule is Ic1cccc(C2CNCCO2)c1. The average Bonchev–Trinajstić information content (AvgIpc) is 2.19. The molecule has 1 unspecified atom stereocenters. The summed E-state index contributed by atoms with van der Waals surface area (Å²) in [5, 5.41) is 3.33. The number of ether oxygens (including phenoxy) is 1. The van der Waals surface area contributed by atoms with Gasteiger partial charge in [-0.3, -0.25) is 0 Å². The first kappa shape index (κ1) is 9.43. The monoisotopic (exact) mass is 289 g/mol. The van der Waals surface area contributed by atoms with Gasteiger partial charge in [0.25, 0.3) is 0 Å². The van der Waals surface area contributed by atoms with E-state index >= 15 is 0 Å². The molecule has 2 nitrogen and oxygen atoms in total. The van der Waals surface area contributed by atoms with E-state index in [1.165, 1.54) is 9.13 Å². The Morgan fingerprint density at radius 1 is 1.46 bits per heavy atom. The first-order chi connectivity index (χ1) is 6.36. The molecule has 1 aromatic carbocycles. The van der Waals surface area contributed by atoms with Crippen molar-refractivity contribution >= 4 is 22.6 Å². The van der Waals surface area contributed by atoms with E-state index in [0.717, 1.165) is 19.7 Å². The number of hydrogen-bond donors (Lipinski definition) is 1. The highest BCUT2D eigenvalue weighted by Gasteiger charge is 2.14. The predicted octanol–water partition coefficient (Wildman–Crippen LogP) is 1.95. The standard InChI is InChI=1S/C10H12INO/c11-9-3-1-2-8(6-9)10-7-12-4-5-13-10/h1-3,6,10,12H,4-5,7H2. The Bertz CT molecular complexity index is 284. The summed E-state index contributed by atoms with van der Waals surface area (Å²) in [7, 11) is 0. The fraction of sp³-hybridized carbons (Fsp3) is 0.400. The van der Waals surface area contributed by atoms with Crippen molar-refractivity contribution in [2.75, 3.05) is 19.7 Å². The van der Waals surface area contributed by atoms with E-state index in [9.17, 15) is 0 Å². The molecule has 70 valence electrons. The maximum atomic E-state index is 5.65. The van der Waals surface area contributed by atoms with Crippen LogP contribution < -0.4 is 5.32 Å². The van der Waals surface area contributed by atoms with Gasteiger partial charge in [-0.2, -0.15) is 0 Å². The Kier molecular flexibility index (Phi) is 3.18. The van der Waals surface area contributed by atoms with Gasteiger partial charge in [-0.25, -0.2) is 0 Å². The second-order valence-electron chi connectivity index (χ2n) is 3.12. The van der Waals surface area contributed by atoms with Crippen molar-refractivity contribution in [1.29, 1.82) is 0 Å². The molecule has 0 radical (unpaired) electrons. The van der Waals surface area contributed by atoms with Gasteiger partial charge in [-0.1, -0.05) is 12.1 Å². The number of rotatable bonds is 1. The number of nitrogens with one attached hydrogen (secondary N) is 1. The van der Waals surface area contributed by atoms with E-state index < -0.39 is 0 Å². The molecule has 1 N–H and O–H groups in total. The van der Waals surface area contributed by atoms with Gasteiger partial charge in [0.1, 0.15) is 0 Å². The van der Waals surface area contributed by atoms with Crippen LogP contribution >= 0.6 is 22.6 Å². The van der Waals surface area contributed by atoms with Crippen molar-refractivity contribution in [2.45, 2.75) is 6.10 Å². The Morgan fingerprint density at radius 3 is 3.08 bits per heavy atom. The highest BCUT2D eigenvalue weighted by Crippen LogP contribution is 2.20. The molecule has 1 aliphatic rings. The minimum absolute atomic E-state index is 0.239. The van der Waals surface area contributed by atoms with Crippen molar-refractivity contribution in [3.8, 4) is 0 Å². The predicted molar refractivity (Wildman–Crippen MR) is 60.7 cm³/mol. The smallest absolute Gasteiger partial charge is 0.0950 e. The molecule has 1 heterocycles. The molecule has 0 aromatic heterocycles. The number of benzene rings is 1. The summed E-state index contributed by atoms with van der Waals surface area (Å²) in [5.74, 6) is 0. The molecule has 0 saturated carbocycles. The quantitative estimate of drug-likeness (QED) is 0.798. The molecule has 1 fully saturated rings. The summed E-state index contributed by atoms with van der Waals surface area (Å²) in [6, 6.07) is 8.48. The van der Waals surface area contributed by atoms with Crippen LogP contribution in [0.1, 0.15) is 11.7 Å². The van der Waals surface area contributed by atoms with E-state index in [-0.39, 0.29) is 6.10 Å². The van der Waals surface area contributed by atoms with Crippen LogP contribution in [0.25, 0.3) is 0 Å². The normalized spacial score (nSPS) is 23.0. The molecule has 1 atom stereocenters. The minimum Gasteiger partial charge on any atom is -0.371 e. The van der Waals surface area contributed by atoms with Crippen LogP contribution in [0.5, 0.6) is 0 Å². The molecule has 2 rings (SSSR count). The summed E-state index contributed by atoms with van der Waals surface area (Å²) in [4.78, 5) is 0. The van der Waals surface area contributed by atoms with Gasteiger partial charge >= 0.3 is 0 Å². The number of morpholine rings is 1. The topological polar surface area (TPSA) is 21.3 Å². The van der Waals surface area contributed by atoms with E-state index in [4.69, 9.17) is 4.74 Å². The third-order valence-electron chi connectivity index (χ3n) is 2.15. The van der Waals surface area contributed by atoms with Gasteiger partial charge in [-0.05, 0) is 40.3 Å². The van der Waals surface area contributed by atoms with Crippen molar-refractivity contribution < 1.29 is 4.74 Å². The summed E-state index contributed by atoms with van der Waals surface area (Å²) in [5.41, 5.74) is 1.28. The summed E-state index contributed by atoms with van der Waals surface area (Å²) >= 11 is 2.33. The lowest BCUT2D eigenvalue weighted by molar-refractivity contribution is 0.0276. The maximum Gasteiger partial charge on any atom is 0.0950 e. The summed E-state index contributed by atoms with van der Waals surface area (Å²) in [6.07, 6.45) is 0.239. The van der Waals surface area contributed by atoms with Crippen molar-refractivity contribution in [2.24, 2.45) is 0 Å². The Morgan fingerprint density at radius 2 is 2.38 bits per heavy atom. The molecule has 13 heavy (non-hydrogen) atoms. The molecule has 1 aromatic rings. The second-order valence-corrected chi connectivity index (χ2v) is 4.36. The molecule has 0 amide bonds. The van der Waals surface area contributed by atoms with Crippen LogP contribution in [0, 0.1) is 3.57 Å². The lowest BCUT2D eigenvalue weighted by Gasteiger charge is -2.23. The van der Waals surface area contributed by atoms with Gasteiger partial charge in [0.05, 0.1) is 12.7 Å². The zero-order valence-corrected chi connectivity index (χ0v) is 9.45. The van der Waals surface area contributed by atoms with E-state index in [1.54, 1.807) is 0 Å². The molecule has 1 aliphatic heterocycles. The lowest BCUT2D eigenvalue weighted by Crippen LogP contribution is -2.33. The largest absolute Gasteiger partial charge is 0.371 e. The molecule has 0 bridgehead atoms. The average molecular weight is 289 g/mol. The Balaban J connectivity index is 2.14. The van der Waals surface area contributed by atoms with Crippen molar-refractivity contribution in [3.63, 3.8) is 0 Å². The third-order valence-corrected chi connectivity index (χ3v) is 2.82.